The SMILES string of the molecule is COc1ccc(C(=O)[C@@H](C)OC(=O)C[C@@H](NC(N)=O)c2ccc(Cl)cc2)cc1. The van der Waals surface area contributed by atoms with E-state index in [1.165, 1.54) is 14.0 Å². The molecule has 2 amide bonds. The van der Waals surface area contributed by atoms with Gasteiger partial charge in [0.05, 0.1) is 19.6 Å². The van der Waals surface area contributed by atoms with E-state index in [1.807, 2.05) is 0 Å². The summed E-state index contributed by atoms with van der Waals surface area (Å²) in [5, 5.41) is 3.01. The van der Waals surface area contributed by atoms with Crippen LogP contribution < -0.4 is 15.8 Å². The van der Waals surface area contributed by atoms with Gasteiger partial charge in [0.1, 0.15) is 5.75 Å². The van der Waals surface area contributed by atoms with Gasteiger partial charge in [0.2, 0.25) is 5.78 Å². The van der Waals surface area contributed by atoms with Crippen LogP contribution in [0.3, 0.4) is 0 Å². The Labute approximate surface area is 167 Å². The van der Waals surface area contributed by atoms with Gasteiger partial charge in [-0.05, 0) is 48.9 Å². The van der Waals surface area contributed by atoms with Crippen LogP contribution in [-0.4, -0.2) is 31.0 Å². The summed E-state index contributed by atoms with van der Waals surface area (Å²) in [4.78, 5) is 36.0. The first kappa shape index (κ1) is 21.2. The first-order valence-electron chi connectivity index (χ1n) is 8.49. The van der Waals surface area contributed by atoms with Gasteiger partial charge in [-0.3, -0.25) is 9.59 Å². The third-order valence-corrected chi connectivity index (χ3v) is 4.26. The van der Waals surface area contributed by atoms with Crippen LogP contribution in [0.1, 0.15) is 35.3 Å². The molecule has 0 radical (unpaired) electrons. The Hall–Kier alpha value is -3.06. The lowest BCUT2D eigenvalue weighted by Gasteiger charge is -2.19. The minimum Gasteiger partial charge on any atom is -0.497 e. The molecule has 0 heterocycles. The summed E-state index contributed by atoms with van der Waals surface area (Å²) in [6.45, 7) is 1.49. The normalized spacial score (nSPS) is 12.5. The molecule has 0 saturated heterocycles. The summed E-state index contributed by atoms with van der Waals surface area (Å²) in [5.74, 6) is -0.380. The minimum atomic E-state index is -0.986. The summed E-state index contributed by atoms with van der Waals surface area (Å²) >= 11 is 5.86. The first-order valence-corrected chi connectivity index (χ1v) is 8.87. The molecule has 3 N–H and O–H groups in total. The molecule has 2 aromatic rings. The van der Waals surface area contributed by atoms with Crippen molar-refractivity contribution >= 4 is 29.4 Å². The number of primary amides is 1. The minimum absolute atomic E-state index is 0.190. The van der Waals surface area contributed by atoms with Crippen molar-refractivity contribution in [3.05, 3.63) is 64.7 Å². The highest BCUT2D eigenvalue weighted by Crippen LogP contribution is 2.21. The quantitative estimate of drug-likeness (QED) is 0.518. The van der Waals surface area contributed by atoms with Crippen molar-refractivity contribution in [2.45, 2.75) is 25.5 Å². The van der Waals surface area contributed by atoms with Gasteiger partial charge in [-0.15, -0.1) is 0 Å². The van der Waals surface area contributed by atoms with E-state index in [-0.39, 0.29) is 12.2 Å². The zero-order valence-corrected chi connectivity index (χ0v) is 16.2. The number of amides is 2. The Morgan fingerprint density at radius 2 is 1.68 bits per heavy atom. The van der Waals surface area contributed by atoms with Crippen LogP contribution >= 0.6 is 11.6 Å². The third kappa shape index (κ3) is 5.99. The van der Waals surface area contributed by atoms with Crippen molar-refractivity contribution in [3.8, 4) is 5.75 Å². The highest BCUT2D eigenvalue weighted by molar-refractivity contribution is 6.30. The van der Waals surface area contributed by atoms with Crippen LogP contribution in [0.5, 0.6) is 5.75 Å². The molecule has 0 aliphatic carbocycles. The third-order valence-electron chi connectivity index (χ3n) is 4.01. The van der Waals surface area contributed by atoms with Gasteiger partial charge in [0, 0.05) is 10.6 Å². The average Bonchev–Trinajstić information content (AvgIpc) is 2.67. The lowest BCUT2D eigenvalue weighted by molar-refractivity contribution is -0.146. The number of carbonyl (C=O) groups is 3. The number of benzene rings is 2. The summed E-state index contributed by atoms with van der Waals surface area (Å²) in [6, 6.07) is 11.6. The highest BCUT2D eigenvalue weighted by Gasteiger charge is 2.23. The lowest BCUT2D eigenvalue weighted by atomic mass is 10.0. The number of hydrogen-bond donors (Lipinski definition) is 2. The van der Waals surface area contributed by atoms with Crippen LogP contribution in [0.15, 0.2) is 48.5 Å². The Bertz CT molecular complexity index is 837. The molecule has 0 aliphatic heterocycles. The summed E-state index contributed by atoms with van der Waals surface area (Å²) in [6.07, 6.45) is -1.18. The molecule has 8 heteroatoms. The fourth-order valence-corrected chi connectivity index (χ4v) is 2.70. The maximum absolute atomic E-state index is 12.4. The smallest absolute Gasteiger partial charge is 0.312 e. The number of hydrogen-bond acceptors (Lipinski definition) is 5. The highest BCUT2D eigenvalue weighted by atomic mass is 35.5. The Morgan fingerprint density at radius 1 is 1.07 bits per heavy atom. The number of nitrogens with two attached hydrogens (primary N) is 1. The summed E-state index contributed by atoms with van der Waals surface area (Å²) in [5.41, 5.74) is 6.22. The molecule has 7 nitrogen and oxygen atoms in total. The van der Waals surface area contributed by atoms with Crippen LogP contribution in [0, 0.1) is 0 Å². The van der Waals surface area contributed by atoms with E-state index in [1.54, 1.807) is 48.5 Å². The summed E-state index contributed by atoms with van der Waals surface area (Å²) in [7, 11) is 1.53. The number of ether oxygens (including phenoxy) is 2. The van der Waals surface area contributed by atoms with Gasteiger partial charge in [0.15, 0.2) is 6.10 Å². The van der Waals surface area contributed by atoms with Crippen molar-refractivity contribution in [1.82, 2.24) is 5.32 Å². The van der Waals surface area contributed by atoms with Gasteiger partial charge in [-0.1, -0.05) is 23.7 Å². The number of methoxy groups -OCH3 is 1. The molecule has 2 atom stereocenters. The average molecular weight is 405 g/mol. The van der Waals surface area contributed by atoms with Gasteiger partial charge in [-0.25, -0.2) is 4.79 Å². The molecule has 0 fully saturated rings. The van der Waals surface area contributed by atoms with Gasteiger partial charge in [0.25, 0.3) is 0 Å². The number of esters is 1. The van der Waals surface area contributed by atoms with E-state index in [2.05, 4.69) is 5.32 Å². The second-order valence-electron chi connectivity index (χ2n) is 6.04. The predicted molar refractivity (Wildman–Crippen MR) is 104 cm³/mol. The maximum atomic E-state index is 12.4. The van der Waals surface area contributed by atoms with E-state index < -0.39 is 24.1 Å². The number of Topliss-reactive ketones (excluding diaryl/α,β-unsaturated/α-hetero) is 1. The number of nitrogens with one attached hydrogen (secondary N) is 1. The van der Waals surface area contributed by atoms with Crippen LogP contribution in [0.2, 0.25) is 5.02 Å². The fraction of sp³-hybridized carbons (Fsp3) is 0.250. The molecule has 0 bridgehead atoms. The number of urea groups is 1. The molecule has 0 unspecified atom stereocenters. The van der Waals surface area contributed by atoms with E-state index in [4.69, 9.17) is 26.8 Å². The molecular formula is C20H21ClN2O5. The second-order valence-corrected chi connectivity index (χ2v) is 6.48. The monoisotopic (exact) mass is 404 g/mol. The van der Waals surface area contributed by atoms with E-state index in [0.29, 0.717) is 21.9 Å². The standard InChI is InChI=1S/C20H21ClN2O5/c1-12(19(25)14-5-9-16(27-2)10-6-14)28-18(24)11-17(23-20(22)26)13-3-7-15(21)8-4-13/h3-10,12,17H,11H2,1-2H3,(H3,22,23,26)/t12-,17-/m1/s1. The Kier molecular flexibility index (Phi) is 7.40. The Morgan fingerprint density at radius 3 is 2.21 bits per heavy atom. The molecular weight excluding hydrogens is 384 g/mol. The molecule has 148 valence electrons. The lowest BCUT2D eigenvalue weighted by Crippen LogP contribution is -2.35. The van der Waals surface area contributed by atoms with Gasteiger partial charge >= 0.3 is 12.0 Å². The van der Waals surface area contributed by atoms with E-state index >= 15 is 0 Å². The molecule has 28 heavy (non-hydrogen) atoms. The van der Waals surface area contributed by atoms with Crippen LogP contribution in [0.25, 0.3) is 0 Å². The summed E-state index contributed by atoms with van der Waals surface area (Å²) < 4.78 is 10.3. The molecule has 0 aromatic heterocycles. The van der Waals surface area contributed by atoms with Crippen molar-refractivity contribution in [2.75, 3.05) is 7.11 Å². The number of ketones is 1. The molecule has 2 rings (SSSR count). The molecule has 0 spiro atoms. The molecule has 0 aliphatic rings. The van der Waals surface area contributed by atoms with Crippen molar-refractivity contribution in [2.24, 2.45) is 5.73 Å². The second kappa shape index (κ2) is 9.75. The van der Waals surface area contributed by atoms with Crippen LogP contribution in [0.4, 0.5) is 4.79 Å². The number of rotatable bonds is 8. The zero-order valence-electron chi connectivity index (χ0n) is 15.5. The van der Waals surface area contributed by atoms with Crippen molar-refractivity contribution < 1.29 is 23.9 Å². The Balaban J connectivity index is 2.02. The zero-order chi connectivity index (χ0) is 20.7. The number of halogens is 1. The molecule has 2 aromatic carbocycles. The topological polar surface area (TPSA) is 108 Å². The van der Waals surface area contributed by atoms with Crippen LogP contribution in [-0.2, 0) is 9.53 Å². The molecule has 0 saturated carbocycles. The van der Waals surface area contributed by atoms with Gasteiger partial charge < -0.3 is 20.5 Å². The number of carbonyl (C=O) groups excluding carboxylic acids is 3. The van der Waals surface area contributed by atoms with Gasteiger partial charge in [-0.2, -0.15) is 0 Å². The fourth-order valence-electron chi connectivity index (χ4n) is 2.57. The largest absolute Gasteiger partial charge is 0.497 e. The predicted octanol–water partition coefficient (Wildman–Crippen LogP) is 3.26. The van der Waals surface area contributed by atoms with E-state index in [0.717, 1.165) is 0 Å². The maximum Gasteiger partial charge on any atom is 0.312 e. The van der Waals surface area contributed by atoms with Crippen molar-refractivity contribution in [3.63, 3.8) is 0 Å². The van der Waals surface area contributed by atoms with Crippen molar-refractivity contribution in [1.29, 1.82) is 0 Å². The first-order chi connectivity index (χ1) is 13.3. The van der Waals surface area contributed by atoms with E-state index in [9.17, 15) is 14.4 Å².